The zero-order chi connectivity index (χ0) is 20.7. The Morgan fingerprint density at radius 1 is 1.14 bits per heavy atom. The second-order valence-electron chi connectivity index (χ2n) is 7.35. The number of hydrogen-bond donors (Lipinski definition) is 2. The van der Waals surface area contributed by atoms with Gasteiger partial charge >= 0.3 is 5.97 Å². The highest BCUT2D eigenvalue weighted by atomic mass is 19.1. The molecule has 1 aliphatic heterocycles. The second-order valence-corrected chi connectivity index (χ2v) is 7.35. The standard InChI is InChI=1S/C22H20F2N2O3/c1-11-9-17-19(21(27)18(11)22(28)29-2)20(13-10-12(23)7-8-14(13)24)26-16-6-4-3-5-15(16)25-17/h3-8,10-11,18,20,25-26H,9H2,1-2H3/t11-,18+,20-/m0/s1. The van der Waals surface area contributed by atoms with Crippen molar-refractivity contribution in [2.75, 3.05) is 17.7 Å². The van der Waals surface area contributed by atoms with Gasteiger partial charge in [-0.3, -0.25) is 9.59 Å². The Balaban J connectivity index is 1.91. The van der Waals surface area contributed by atoms with E-state index >= 15 is 0 Å². The Kier molecular flexibility index (Phi) is 4.82. The number of carbonyl (C=O) groups excluding carboxylic acids is 2. The summed E-state index contributed by atoms with van der Waals surface area (Å²) in [6, 6.07) is 9.44. The number of esters is 1. The number of rotatable bonds is 2. The third kappa shape index (κ3) is 3.26. The molecular formula is C22H20F2N2O3. The number of para-hydroxylation sites is 2. The van der Waals surface area contributed by atoms with Crippen LogP contribution in [0.3, 0.4) is 0 Å². The van der Waals surface area contributed by atoms with Gasteiger partial charge in [-0.25, -0.2) is 8.78 Å². The molecule has 0 aromatic heterocycles. The molecule has 0 saturated carbocycles. The summed E-state index contributed by atoms with van der Waals surface area (Å²) in [5, 5.41) is 6.43. The Hall–Kier alpha value is -3.22. The van der Waals surface area contributed by atoms with Crippen molar-refractivity contribution in [3.05, 3.63) is 70.9 Å². The zero-order valence-electron chi connectivity index (χ0n) is 16.0. The van der Waals surface area contributed by atoms with Crippen LogP contribution in [0.5, 0.6) is 0 Å². The number of ether oxygens (including phenoxy) is 1. The molecule has 2 aliphatic rings. The molecule has 1 heterocycles. The third-order valence-corrected chi connectivity index (χ3v) is 5.49. The number of fused-ring (bicyclic) bond motifs is 1. The molecule has 0 radical (unpaired) electrons. The van der Waals surface area contributed by atoms with Gasteiger partial charge in [0.2, 0.25) is 0 Å². The van der Waals surface area contributed by atoms with Crippen LogP contribution in [0.15, 0.2) is 53.7 Å². The third-order valence-electron chi connectivity index (χ3n) is 5.49. The summed E-state index contributed by atoms with van der Waals surface area (Å²) in [6.07, 6.45) is 0.393. The molecule has 7 heteroatoms. The van der Waals surface area contributed by atoms with Crippen LogP contribution in [-0.4, -0.2) is 18.9 Å². The van der Waals surface area contributed by atoms with Gasteiger partial charge in [0.05, 0.1) is 24.5 Å². The fourth-order valence-corrected chi connectivity index (χ4v) is 4.10. The number of halogens is 2. The summed E-state index contributed by atoms with van der Waals surface area (Å²) in [5.74, 6) is -3.64. The normalized spacial score (nSPS) is 23.3. The van der Waals surface area contributed by atoms with Crippen LogP contribution in [0, 0.1) is 23.5 Å². The van der Waals surface area contributed by atoms with E-state index in [9.17, 15) is 18.4 Å². The zero-order valence-corrected chi connectivity index (χ0v) is 16.0. The number of benzene rings is 2. The van der Waals surface area contributed by atoms with Gasteiger partial charge in [-0.1, -0.05) is 19.1 Å². The van der Waals surface area contributed by atoms with Gasteiger partial charge in [-0.2, -0.15) is 0 Å². The number of methoxy groups -OCH3 is 1. The van der Waals surface area contributed by atoms with E-state index in [0.717, 1.165) is 23.9 Å². The van der Waals surface area contributed by atoms with Crippen LogP contribution in [0.25, 0.3) is 0 Å². The molecule has 4 rings (SSSR count). The smallest absolute Gasteiger partial charge is 0.316 e. The topological polar surface area (TPSA) is 67.4 Å². The minimum absolute atomic E-state index is 0.00234. The Morgan fingerprint density at radius 3 is 2.59 bits per heavy atom. The molecule has 29 heavy (non-hydrogen) atoms. The van der Waals surface area contributed by atoms with E-state index in [4.69, 9.17) is 4.74 Å². The first-order chi connectivity index (χ1) is 13.9. The summed E-state index contributed by atoms with van der Waals surface area (Å²) in [6.45, 7) is 1.80. The Morgan fingerprint density at radius 2 is 1.86 bits per heavy atom. The summed E-state index contributed by atoms with van der Waals surface area (Å²) in [7, 11) is 1.23. The molecule has 0 unspecified atom stereocenters. The molecule has 1 aliphatic carbocycles. The fourth-order valence-electron chi connectivity index (χ4n) is 4.10. The van der Waals surface area contributed by atoms with Gasteiger partial charge in [0, 0.05) is 16.8 Å². The van der Waals surface area contributed by atoms with Crippen molar-refractivity contribution in [2.45, 2.75) is 19.4 Å². The monoisotopic (exact) mass is 398 g/mol. The number of Topliss-reactive ketones (excluding diaryl/α,β-unsaturated/α-hetero) is 1. The van der Waals surface area contributed by atoms with Crippen LogP contribution >= 0.6 is 0 Å². The van der Waals surface area contributed by atoms with Crippen molar-refractivity contribution in [3.8, 4) is 0 Å². The lowest BCUT2D eigenvalue weighted by Crippen LogP contribution is -2.39. The van der Waals surface area contributed by atoms with Crippen LogP contribution < -0.4 is 10.6 Å². The van der Waals surface area contributed by atoms with Crippen LogP contribution in [0.1, 0.15) is 24.9 Å². The van der Waals surface area contributed by atoms with E-state index in [1.807, 2.05) is 12.1 Å². The van der Waals surface area contributed by atoms with Crippen LogP contribution in [-0.2, 0) is 14.3 Å². The van der Waals surface area contributed by atoms with Gasteiger partial charge < -0.3 is 15.4 Å². The van der Waals surface area contributed by atoms with Gasteiger partial charge in [0.25, 0.3) is 0 Å². The van der Waals surface area contributed by atoms with E-state index in [-0.39, 0.29) is 17.1 Å². The molecule has 0 bridgehead atoms. The molecule has 2 N–H and O–H groups in total. The maximum absolute atomic E-state index is 14.7. The minimum atomic E-state index is -0.998. The number of anilines is 2. The lowest BCUT2D eigenvalue weighted by atomic mass is 9.74. The van der Waals surface area contributed by atoms with Gasteiger partial charge in [-0.05, 0) is 42.7 Å². The SMILES string of the molecule is COC(=O)[C@H]1C(=O)C2=C(C[C@@H]1C)Nc1ccccc1N[C@H]2c1cc(F)ccc1F. The molecule has 0 spiro atoms. The van der Waals surface area contributed by atoms with Gasteiger partial charge in [0.15, 0.2) is 5.78 Å². The summed E-state index contributed by atoms with van der Waals surface area (Å²) in [4.78, 5) is 25.7. The molecule has 5 nitrogen and oxygen atoms in total. The molecule has 150 valence electrons. The maximum Gasteiger partial charge on any atom is 0.316 e. The minimum Gasteiger partial charge on any atom is -0.468 e. The van der Waals surface area contributed by atoms with Crippen LogP contribution in [0.4, 0.5) is 20.2 Å². The van der Waals surface area contributed by atoms with Crippen molar-refractivity contribution in [1.82, 2.24) is 0 Å². The molecule has 2 aromatic rings. The fraction of sp³-hybridized carbons (Fsp3) is 0.273. The number of carbonyl (C=O) groups is 2. The Labute approximate surface area is 166 Å². The first-order valence-corrected chi connectivity index (χ1v) is 9.33. The predicted octanol–water partition coefficient (Wildman–Crippen LogP) is 4.20. The van der Waals surface area contributed by atoms with E-state index in [2.05, 4.69) is 10.6 Å². The molecule has 0 saturated heterocycles. The largest absolute Gasteiger partial charge is 0.468 e. The molecule has 3 atom stereocenters. The van der Waals surface area contributed by atoms with E-state index in [0.29, 0.717) is 17.8 Å². The highest BCUT2D eigenvalue weighted by molar-refractivity contribution is 6.11. The van der Waals surface area contributed by atoms with Crippen molar-refractivity contribution < 1.29 is 23.1 Å². The second kappa shape index (κ2) is 7.31. The number of ketones is 1. The van der Waals surface area contributed by atoms with Gasteiger partial charge in [-0.15, -0.1) is 0 Å². The van der Waals surface area contributed by atoms with E-state index in [1.165, 1.54) is 7.11 Å². The van der Waals surface area contributed by atoms with Gasteiger partial charge in [0.1, 0.15) is 17.6 Å². The van der Waals surface area contributed by atoms with Crippen molar-refractivity contribution in [3.63, 3.8) is 0 Å². The average molecular weight is 398 g/mol. The average Bonchev–Trinajstić information content (AvgIpc) is 2.86. The van der Waals surface area contributed by atoms with Crippen LogP contribution in [0.2, 0.25) is 0 Å². The quantitative estimate of drug-likeness (QED) is 0.586. The lowest BCUT2D eigenvalue weighted by molar-refractivity contribution is -0.151. The molecule has 0 fully saturated rings. The summed E-state index contributed by atoms with van der Waals surface area (Å²) in [5.41, 5.74) is 2.18. The molecule has 0 amide bonds. The maximum atomic E-state index is 14.7. The number of hydrogen-bond acceptors (Lipinski definition) is 5. The van der Waals surface area contributed by atoms with Crippen molar-refractivity contribution in [2.24, 2.45) is 11.8 Å². The highest BCUT2D eigenvalue weighted by Gasteiger charge is 2.44. The number of nitrogens with one attached hydrogen (secondary N) is 2. The van der Waals surface area contributed by atoms with Crippen molar-refractivity contribution in [1.29, 1.82) is 0 Å². The first kappa shape index (κ1) is 19.1. The summed E-state index contributed by atoms with van der Waals surface area (Å²) < 4.78 is 33.5. The first-order valence-electron chi connectivity index (χ1n) is 9.33. The van der Waals surface area contributed by atoms with E-state index < -0.39 is 35.3 Å². The van der Waals surface area contributed by atoms with E-state index in [1.54, 1.807) is 19.1 Å². The lowest BCUT2D eigenvalue weighted by Gasteiger charge is -2.32. The summed E-state index contributed by atoms with van der Waals surface area (Å²) >= 11 is 0. The predicted molar refractivity (Wildman–Crippen MR) is 104 cm³/mol. The van der Waals surface area contributed by atoms with Crippen molar-refractivity contribution >= 4 is 23.1 Å². The highest BCUT2D eigenvalue weighted by Crippen LogP contribution is 2.44. The molecule has 2 aromatic carbocycles. The number of allylic oxidation sites excluding steroid dienone is 1. The Bertz CT molecular complexity index is 1030. The molecular weight excluding hydrogens is 378 g/mol.